The summed E-state index contributed by atoms with van der Waals surface area (Å²) in [5.74, 6) is -0.515. The number of rotatable bonds is 6. The molecule has 0 aliphatic heterocycles. The molecule has 0 saturated heterocycles. The van der Waals surface area contributed by atoms with E-state index in [4.69, 9.17) is 0 Å². The van der Waals surface area contributed by atoms with Gasteiger partial charge in [0.1, 0.15) is 0 Å². The lowest BCUT2D eigenvalue weighted by atomic mass is 10.3. The van der Waals surface area contributed by atoms with Gasteiger partial charge in [-0.2, -0.15) is 36.3 Å². The number of non-ortho nitro benzene ring substituents is 1. The largest absolute Gasteiger partial charge is 0.467 e. The Hall–Kier alpha value is -3.39. The van der Waals surface area contributed by atoms with Crippen LogP contribution in [0.4, 0.5) is 43.7 Å². The smallest absolute Gasteiger partial charge is 0.434 e. The third-order valence-electron chi connectivity index (χ3n) is 2.93. The first-order valence-electron chi connectivity index (χ1n) is 7.02. The molecule has 0 aliphatic rings. The molecule has 0 fully saturated rings. The van der Waals surface area contributed by atoms with Crippen LogP contribution in [0.5, 0.6) is 12.0 Å². The van der Waals surface area contributed by atoms with Crippen molar-refractivity contribution in [3.8, 4) is 12.0 Å². The molecule has 0 unspecified atom stereocenters. The lowest BCUT2D eigenvalue weighted by Crippen LogP contribution is -2.46. The number of hydrogen-bond acceptors (Lipinski definition) is 8. The van der Waals surface area contributed by atoms with Gasteiger partial charge in [0.05, 0.1) is 12.0 Å². The van der Waals surface area contributed by atoms with Crippen LogP contribution in [0.25, 0.3) is 0 Å². The van der Waals surface area contributed by atoms with Crippen LogP contribution in [-0.2, 0) is 0 Å². The van der Waals surface area contributed by atoms with Gasteiger partial charge < -0.3 is 14.8 Å². The number of benzene rings is 1. The zero-order chi connectivity index (χ0) is 21.1. The van der Waals surface area contributed by atoms with Gasteiger partial charge in [0.15, 0.2) is 0 Å². The number of hydrogen-bond donors (Lipinski definition) is 1. The first kappa shape index (κ1) is 20.9. The summed E-state index contributed by atoms with van der Waals surface area (Å²) in [6, 6.07) is 2.70. The first-order valence-corrected chi connectivity index (χ1v) is 7.02. The highest BCUT2D eigenvalue weighted by Crippen LogP contribution is 2.36. The maximum absolute atomic E-state index is 12.6. The van der Waals surface area contributed by atoms with E-state index in [9.17, 15) is 36.5 Å². The molecule has 1 heterocycles. The Morgan fingerprint density at radius 3 is 2.00 bits per heavy atom. The van der Waals surface area contributed by atoms with Crippen LogP contribution in [0.15, 0.2) is 24.3 Å². The molecule has 0 amide bonds. The average molecular weight is 413 g/mol. The molecular formula is C13H9F6N5O4. The molecule has 0 aliphatic carbocycles. The van der Waals surface area contributed by atoms with Crippen molar-refractivity contribution in [1.82, 2.24) is 15.0 Å². The van der Waals surface area contributed by atoms with Crippen LogP contribution in [0, 0.1) is 10.1 Å². The minimum atomic E-state index is -5.77. The molecule has 0 bridgehead atoms. The fourth-order valence-corrected chi connectivity index (χ4v) is 1.76. The summed E-state index contributed by atoms with van der Waals surface area (Å²) in [5, 5.41) is 13.0. The van der Waals surface area contributed by atoms with Gasteiger partial charge in [-0.25, -0.2) is 0 Å². The molecule has 0 spiro atoms. The summed E-state index contributed by atoms with van der Waals surface area (Å²) in [6.45, 7) is 0. The van der Waals surface area contributed by atoms with E-state index in [1.165, 1.54) is 12.1 Å². The van der Waals surface area contributed by atoms with E-state index < -0.39 is 41.3 Å². The summed E-state index contributed by atoms with van der Waals surface area (Å²) in [6.07, 6.45) is -15.7. The van der Waals surface area contributed by atoms with Gasteiger partial charge in [-0.3, -0.25) is 10.1 Å². The van der Waals surface area contributed by atoms with Gasteiger partial charge in [-0.05, 0) is 12.1 Å². The van der Waals surface area contributed by atoms with Crippen LogP contribution in [0.1, 0.15) is 0 Å². The summed E-state index contributed by atoms with van der Waals surface area (Å²) >= 11 is 0. The van der Waals surface area contributed by atoms with Crippen LogP contribution in [0.2, 0.25) is 0 Å². The van der Waals surface area contributed by atoms with Crippen LogP contribution < -0.4 is 14.8 Å². The lowest BCUT2D eigenvalue weighted by molar-refractivity contribution is -0.384. The molecule has 152 valence electrons. The standard InChI is InChI=1S/C13H9F6N5O4/c1-27-10-21-9(20-6-2-4-7(5-3-6)24(25)26)22-11(23-10)28-8(12(14,15)16)13(17,18)19/h2-5,8H,1H3,(H,20,21,22,23). The van der Waals surface area contributed by atoms with Crippen LogP contribution in [0.3, 0.4) is 0 Å². The summed E-state index contributed by atoms with van der Waals surface area (Å²) in [4.78, 5) is 20.1. The number of aromatic nitrogens is 3. The van der Waals surface area contributed by atoms with Crippen molar-refractivity contribution in [2.24, 2.45) is 0 Å². The highest BCUT2D eigenvalue weighted by atomic mass is 19.4. The zero-order valence-electron chi connectivity index (χ0n) is 13.6. The van der Waals surface area contributed by atoms with Gasteiger partial charge in [-0.15, -0.1) is 4.98 Å². The molecule has 15 heteroatoms. The van der Waals surface area contributed by atoms with Crippen LogP contribution in [-0.4, -0.2) is 45.4 Å². The van der Waals surface area contributed by atoms with E-state index in [2.05, 4.69) is 29.7 Å². The van der Waals surface area contributed by atoms with E-state index >= 15 is 0 Å². The molecule has 9 nitrogen and oxygen atoms in total. The van der Waals surface area contributed by atoms with Gasteiger partial charge in [0, 0.05) is 17.8 Å². The second-order valence-electron chi connectivity index (χ2n) is 4.94. The number of nitro groups is 1. The number of nitrogens with zero attached hydrogens (tertiary/aromatic N) is 4. The van der Waals surface area contributed by atoms with Gasteiger partial charge in [0.2, 0.25) is 5.95 Å². The molecule has 0 saturated carbocycles. The highest BCUT2D eigenvalue weighted by molar-refractivity contribution is 5.55. The van der Waals surface area contributed by atoms with Crippen molar-refractivity contribution in [3.05, 3.63) is 34.4 Å². The summed E-state index contributed by atoms with van der Waals surface area (Å²) in [5.41, 5.74) is -0.103. The maximum Gasteiger partial charge on any atom is 0.434 e. The number of methoxy groups -OCH3 is 1. The number of nitro benzene ring substituents is 1. The minimum absolute atomic E-state index is 0.146. The lowest BCUT2D eigenvalue weighted by Gasteiger charge is -2.22. The van der Waals surface area contributed by atoms with Crippen molar-refractivity contribution >= 4 is 17.3 Å². The number of alkyl halides is 6. The van der Waals surface area contributed by atoms with Crippen molar-refractivity contribution in [2.45, 2.75) is 18.5 Å². The predicted octanol–water partition coefficient (Wildman–Crippen LogP) is 3.40. The number of nitrogens with one attached hydrogen (secondary N) is 1. The number of anilines is 2. The molecule has 2 rings (SSSR count). The molecule has 1 N–H and O–H groups in total. The molecular weight excluding hydrogens is 404 g/mol. The second-order valence-corrected chi connectivity index (χ2v) is 4.94. The topological polar surface area (TPSA) is 112 Å². The third-order valence-corrected chi connectivity index (χ3v) is 2.93. The minimum Gasteiger partial charge on any atom is -0.467 e. The van der Waals surface area contributed by atoms with Gasteiger partial charge in [0.25, 0.3) is 11.8 Å². The van der Waals surface area contributed by atoms with E-state index in [0.29, 0.717) is 0 Å². The van der Waals surface area contributed by atoms with E-state index in [1.807, 2.05) is 0 Å². The predicted molar refractivity (Wildman–Crippen MR) is 79.3 cm³/mol. The molecule has 0 radical (unpaired) electrons. The quantitative estimate of drug-likeness (QED) is 0.436. The van der Waals surface area contributed by atoms with Crippen molar-refractivity contribution < 1.29 is 40.7 Å². The Morgan fingerprint density at radius 1 is 1.00 bits per heavy atom. The monoisotopic (exact) mass is 413 g/mol. The third kappa shape index (κ3) is 5.31. The molecule has 0 atom stereocenters. The van der Waals surface area contributed by atoms with E-state index in [1.54, 1.807) is 0 Å². The second kappa shape index (κ2) is 7.69. The Bertz CT molecular complexity index is 829. The summed E-state index contributed by atoms with van der Waals surface area (Å²) < 4.78 is 84.2. The Morgan fingerprint density at radius 2 is 1.54 bits per heavy atom. The average Bonchev–Trinajstić information content (AvgIpc) is 2.58. The van der Waals surface area contributed by atoms with E-state index in [0.717, 1.165) is 19.2 Å². The normalized spacial score (nSPS) is 12.0. The summed E-state index contributed by atoms with van der Waals surface area (Å²) in [7, 11) is 1.01. The SMILES string of the molecule is COc1nc(Nc2ccc([N+](=O)[O-])cc2)nc(OC(C(F)(F)F)C(F)(F)F)n1. The van der Waals surface area contributed by atoms with Gasteiger partial charge in [-0.1, -0.05) is 0 Å². The van der Waals surface area contributed by atoms with Crippen molar-refractivity contribution in [3.63, 3.8) is 0 Å². The fourth-order valence-electron chi connectivity index (χ4n) is 1.76. The Labute approximate surface area is 151 Å². The highest BCUT2D eigenvalue weighted by Gasteiger charge is 2.59. The van der Waals surface area contributed by atoms with E-state index in [-0.39, 0.29) is 11.4 Å². The fraction of sp³-hybridized carbons (Fsp3) is 0.308. The maximum atomic E-state index is 12.6. The van der Waals surface area contributed by atoms with Crippen molar-refractivity contribution in [2.75, 3.05) is 12.4 Å². The zero-order valence-corrected chi connectivity index (χ0v) is 13.6. The molecule has 28 heavy (non-hydrogen) atoms. The molecule has 1 aromatic carbocycles. The Kier molecular flexibility index (Phi) is 5.75. The van der Waals surface area contributed by atoms with Crippen molar-refractivity contribution in [1.29, 1.82) is 0 Å². The number of ether oxygens (including phenoxy) is 2. The Balaban J connectivity index is 2.31. The molecule has 1 aromatic heterocycles. The molecule has 2 aromatic rings. The first-order chi connectivity index (χ1) is 12.9. The van der Waals surface area contributed by atoms with Gasteiger partial charge >= 0.3 is 24.4 Å². The number of halogens is 6. The van der Waals surface area contributed by atoms with Crippen LogP contribution >= 0.6 is 0 Å².